The van der Waals surface area contributed by atoms with Crippen LogP contribution in [0.2, 0.25) is 0 Å². The first-order valence-corrected chi connectivity index (χ1v) is 9.93. The van der Waals surface area contributed by atoms with E-state index < -0.39 is 10.0 Å². The highest BCUT2D eigenvalue weighted by Crippen LogP contribution is 2.16. The smallest absolute Gasteiger partial charge is 0.220 e. The maximum Gasteiger partial charge on any atom is 0.220 e. The van der Waals surface area contributed by atoms with Crippen LogP contribution in [0.25, 0.3) is 0 Å². The molecule has 0 bridgehead atoms. The Bertz CT molecular complexity index is 848. The van der Waals surface area contributed by atoms with Crippen LogP contribution in [0, 0.1) is 0 Å². The topological polar surface area (TPSA) is 97.2 Å². The van der Waals surface area contributed by atoms with Gasteiger partial charge in [0.15, 0.2) is 0 Å². The summed E-state index contributed by atoms with van der Waals surface area (Å²) in [7, 11) is -3.20. The molecule has 0 aromatic carbocycles. The quantitative estimate of drug-likeness (QED) is 0.796. The van der Waals surface area contributed by atoms with E-state index >= 15 is 0 Å². The molecular formula is C16H21N5O3S. The lowest BCUT2D eigenvalue weighted by Crippen LogP contribution is -2.37. The van der Waals surface area contributed by atoms with Gasteiger partial charge in [0.25, 0.3) is 0 Å². The molecule has 0 saturated heterocycles. The SMILES string of the molecule is CS(=O)(=O)N1CCn2nc(CNC(=O)CCc3ccncc3)cc2C1. The number of nitrogens with one attached hydrogen (secondary N) is 1. The van der Waals surface area contributed by atoms with Gasteiger partial charge in [0.2, 0.25) is 15.9 Å². The van der Waals surface area contributed by atoms with Crippen LogP contribution in [0.3, 0.4) is 0 Å². The maximum atomic E-state index is 12.0. The molecule has 1 N–H and O–H groups in total. The summed E-state index contributed by atoms with van der Waals surface area (Å²) in [4.78, 5) is 15.9. The second-order valence-corrected chi connectivity index (χ2v) is 8.06. The molecule has 1 aliphatic heterocycles. The number of amides is 1. The summed E-state index contributed by atoms with van der Waals surface area (Å²) in [6.45, 7) is 1.61. The Morgan fingerprint density at radius 2 is 2.04 bits per heavy atom. The van der Waals surface area contributed by atoms with Gasteiger partial charge < -0.3 is 5.32 Å². The van der Waals surface area contributed by atoms with Crippen molar-refractivity contribution in [3.8, 4) is 0 Å². The predicted molar refractivity (Wildman–Crippen MR) is 91.9 cm³/mol. The largest absolute Gasteiger partial charge is 0.350 e. The lowest BCUT2D eigenvalue weighted by molar-refractivity contribution is -0.121. The molecule has 0 saturated carbocycles. The number of hydrogen-bond acceptors (Lipinski definition) is 5. The first-order valence-electron chi connectivity index (χ1n) is 8.08. The average Bonchev–Trinajstić information content (AvgIpc) is 3.00. The standard InChI is InChI=1S/C16H21N5O3S/c1-25(23,24)20-8-9-21-15(12-20)10-14(19-21)11-18-16(22)3-2-13-4-6-17-7-5-13/h4-7,10H,2-3,8-9,11-12H2,1H3,(H,18,22). The summed E-state index contributed by atoms with van der Waals surface area (Å²) >= 11 is 0. The van der Waals surface area contributed by atoms with Crippen LogP contribution in [0.5, 0.6) is 0 Å². The third-order valence-electron chi connectivity index (χ3n) is 4.14. The van der Waals surface area contributed by atoms with Crippen molar-refractivity contribution >= 4 is 15.9 Å². The fourth-order valence-corrected chi connectivity index (χ4v) is 3.54. The predicted octanol–water partition coefficient (Wildman–Crippen LogP) is 0.302. The van der Waals surface area contributed by atoms with Crippen molar-refractivity contribution in [1.82, 2.24) is 24.4 Å². The summed E-state index contributed by atoms with van der Waals surface area (Å²) in [6, 6.07) is 5.63. The highest BCUT2D eigenvalue weighted by atomic mass is 32.2. The Morgan fingerprint density at radius 1 is 1.28 bits per heavy atom. The van der Waals surface area contributed by atoms with Crippen LogP contribution in [-0.4, -0.2) is 46.2 Å². The van der Waals surface area contributed by atoms with Crippen molar-refractivity contribution in [2.45, 2.75) is 32.5 Å². The molecule has 0 fully saturated rings. The molecule has 1 aliphatic rings. The molecule has 2 aromatic rings. The maximum absolute atomic E-state index is 12.0. The Morgan fingerprint density at radius 3 is 2.76 bits per heavy atom. The molecular weight excluding hydrogens is 342 g/mol. The van der Waals surface area contributed by atoms with Gasteiger partial charge in [-0.05, 0) is 30.2 Å². The number of sulfonamides is 1. The lowest BCUT2D eigenvalue weighted by Gasteiger charge is -2.25. The molecule has 134 valence electrons. The Hall–Kier alpha value is -2.26. The van der Waals surface area contributed by atoms with Gasteiger partial charge in [-0.15, -0.1) is 0 Å². The average molecular weight is 363 g/mol. The summed E-state index contributed by atoms with van der Waals surface area (Å²) in [6.07, 6.45) is 5.70. The number of fused-ring (bicyclic) bond motifs is 1. The third kappa shape index (κ3) is 4.64. The van der Waals surface area contributed by atoms with Crippen LogP contribution in [0.15, 0.2) is 30.6 Å². The summed E-state index contributed by atoms with van der Waals surface area (Å²) in [5, 5.41) is 7.29. The van der Waals surface area contributed by atoms with Gasteiger partial charge in [0.1, 0.15) is 0 Å². The molecule has 8 nitrogen and oxygen atoms in total. The number of pyridine rings is 1. The van der Waals surface area contributed by atoms with Gasteiger partial charge in [-0.3, -0.25) is 14.5 Å². The summed E-state index contributed by atoms with van der Waals surface area (Å²) in [5.41, 5.74) is 2.66. The first kappa shape index (κ1) is 17.6. The van der Waals surface area contributed by atoms with Gasteiger partial charge in [-0.25, -0.2) is 8.42 Å². The molecule has 0 radical (unpaired) electrons. The number of carbonyl (C=O) groups is 1. The van der Waals surface area contributed by atoms with Gasteiger partial charge >= 0.3 is 0 Å². The van der Waals surface area contributed by atoms with Gasteiger partial charge in [-0.2, -0.15) is 9.40 Å². The molecule has 0 aliphatic carbocycles. The van der Waals surface area contributed by atoms with E-state index in [9.17, 15) is 13.2 Å². The zero-order chi connectivity index (χ0) is 17.9. The zero-order valence-corrected chi connectivity index (χ0v) is 14.9. The number of aryl methyl sites for hydroxylation is 1. The fraction of sp³-hybridized carbons (Fsp3) is 0.438. The van der Waals surface area contributed by atoms with E-state index in [0.29, 0.717) is 39.0 Å². The number of nitrogens with zero attached hydrogens (tertiary/aromatic N) is 4. The van der Waals surface area contributed by atoms with Crippen molar-refractivity contribution in [2.75, 3.05) is 12.8 Å². The van der Waals surface area contributed by atoms with Gasteiger partial charge in [0, 0.05) is 25.4 Å². The van der Waals surface area contributed by atoms with E-state index in [1.54, 1.807) is 17.1 Å². The van der Waals surface area contributed by atoms with Crippen molar-refractivity contribution in [2.24, 2.45) is 0 Å². The number of aromatic nitrogens is 3. The summed E-state index contributed by atoms with van der Waals surface area (Å²) in [5.74, 6) is -0.0412. The lowest BCUT2D eigenvalue weighted by atomic mass is 10.1. The second-order valence-electron chi connectivity index (χ2n) is 6.08. The summed E-state index contributed by atoms with van der Waals surface area (Å²) < 4.78 is 26.5. The Balaban J connectivity index is 1.51. The van der Waals surface area contributed by atoms with E-state index in [-0.39, 0.29) is 5.91 Å². The number of hydrogen-bond donors (Lipinski definition) is 1. The second kappa shape index (κ2) is 7.32. The highest BCUT2D eigenvalue weighted by Gasteiger charge is 2.24. The molecule has 25 heavy (non-hydrogen) atoms. The number of carbonyl (C=O) groups excluding carboxylic acids is 1. The molecule has 2 aromatic heterocycles. The molecule has 9 heteroatoms. The van der Waals surface area contributed by atoms with Crippen LogP contribution >= 0.6 is 0 Å². The van der Waals surface area contributed by atoms with Crippen molar-refractivity contribution < 1.29 is 13.2 Å². The van der Waals surface area contributed by atoms with Gasteiger partial charge in [-0.1, -0.05) is 0 Å². The van der Waals surface area contributed by atoms with E-state index in [1.165, 1.54) is 10.6 Å². The van der Waals surface area contributed by atoms with Crippen LogP contribution in [-0.2, 0) is 40.9 Å². The molecule has 0 unspecified atom stereocenters. The first-order chi connectivity index (χ1) is 11.9. The van der Waals surface area contributed by atoms with Crippen LogP contribution < -0.4 is 5.32 Å². The molecule has 0 spiro atoms. The van der Waals surface area contributed by atoms with E-state index in [4.69, 9.17) is 0 Å². The molecule has 0 atom stereocenters. The minimum atomic E-state index is -3.20. The minimum Gasteiger partial charge on any atom is -0.350 e. The number of rotatable bonds is 6. The van der Waals surface area contributed by atoms with Crippen molar-refractivity contribution in [3.63, 3.8) is 0 Å². The molecule has 3 heterocycles. The highest BCUT2D eigenvalue weighted by molar-refractivity contribution is 7.88. The molecule has 3 rings (SSSR count). The van der Waals surface area contributed by atoms with Crippen molar-refractivity contribution in [1.29, 1.82) is 0 Å². The van der Waals surface area contributed by atoms with E-state index in [2.05, 4.69) is 15.4 Å². The van der Waals surface area contributed by atoms with Crippen molar-refractivity contribution in [3.05, 3.63) is 47.5 Å². The van der Waals surface area contributed by atoms with E-state index in [0.717, 1.165) is 17.0 Å². The zero-order valence-electron chi connectivity index (χ0n) is 14.1. The third-order valence-corrected chi connectivity index (χ3v) is 5.39. The normalized spacial score (nSPS) is 14.9. The Labute approximate surface area is 146 Å². The van der Waals surface area contributed by atoms with Crippen LogP contribution in [0.1, 0.15) is 23.4 Å². The van der Waals surface area contributed by atoms with Gasteiger partial charge in [0.05, 0.1) is 37.3 Å². The molecule has 1 amide bonds. The monoisotopic (exact) mass is 363 g/mol. The Kier molecular flexibility index (Phi) is 5.14. The minimum absolute atomic E-state index is 0.0412. The van der Waals surface area contributed by atoms with Crippen LogP contribution in [0.4, 0.5) is 0 Å². The van der Waals surface area contributed by atoms with E-state index in [1.807, 2.05) is 18.2 Å². The fourth-order valence-electron chi connectivity index (χ4n) is 2.76.